The number of carbonyl (C=O) groups is 1. The first-order valence-corrected chi connectivity index (χ1v) is 7.25. The third kappa shape index (κ3) is 2.03. The van der Waals surface area contributed by atoms with Crippen molar-refractivity contribution < 1.29 is 4.79 Å². The van der Waals surface area contributed by atoms with Crippen molar-refractivity contribution in [2.24, 2.45) is 5.92 Å². The topological polar surface area (TPSA) is 17.1 Å². The maximum absolute atomic E-state index is 11.3. The Kier molecular flexibility index (Phi) is 3.61. The fraction of sp³-hybridized carbons (Fsp3) is 0.727. The lowest BCUT2D eigenvalue weighted by Crippen LogP contribution is -2.35. The molecule has 14 heavy (non-hydrogen) atoms. The van der Waals surface area contributed by atoms with Gasteiger partial charge < -0.3 is 4.79 Å². The van der Waals surface area contributed by atoms with E-state index in [4.69, 9.17) is 0 Å². The van der Waals surface area contributed by atoms with Crippen LogP contribution in [0.1, 0.15) is 25.7 Å². The van der Waals surface area contributed by atoms with E-state index in [9.17, 15) is 4.79 Å². The lowest BCUT2D eigenvalue weighted by Gasteiger charge is -2.37. The fourth-order valence-electron chi connectivity index (χ4n) is 2.08. The lowest BCUT2D eigenvalue weighted by molar-refractivity contribution is -0.108. The molecule has 0 saturated carbocycles. The van der Waals surface area contributed by atoms with E-state index in [1.165, 1.54) is 32.0 Å². The van der Waals surface area contributed by atoms with Crippen molar-refractivity contribution in [1.29, 1.82) is 0 Å². The van der Waals surface area contributed by atoms with Gasteiger partial charge in [-0.05, 0) is 37.2 Å². The highest BCUT2D eigenvalue weighted by Crippen LogP contribution is 2.48. The molecular weight excluding hydrogens is 212 g/mol. The summed E-state index contributed by atoms with van der Waals surface area (Å²) in [6, 6.07) is 0. The molecular formula is C11H16OS2. The van der Waals surface area contributed by atoms with E-state index in [-0.39, 0.29) is 4.08 Å². The first-order chi connectivity index (χ1) is 6.87. The van der Waals surface area contributed by atoms with Crippen LogP contribution in [0, 0.1) is 5.92 Å². The van der Waals surface area contributed by atoms with E-state index < -0.39 is 0 Å². The van der Waals surface area contributed by atoms with Gasteiger partial charge in [0.25, 0.3) is 0 Å². The number of carbonyl (C=O) groups excluding carboxylic acids is 1. The second kappa shape index (κ2) is 4.75. The summed E-state index contributed by atoms with van der Waals surface area (Å²) >= 11 is 3.72. The average molecular weight is 228 g/mol. The molecule has 0 aromatic carbocycles. The van der Waals surface area contributed by atoms with Gasteiger partial charge in [-0.1, -0.05) is 12.2 Å². The minimum atomic E-state index is -0.144. The number of allylic oxidation sites excluding steroid dienone is 2. The van der Waals surface area contributed by atoms with E-state index in [1.54, 1.807) is 0 Å². The van der Waals surface area contributed by atoms with Crippen molar-refractivity contribution in [1.82, 2.24) is 0 Å². The van der Waals surface area contributed by atoms with Crippen LogP contribution in [-0.2, 0) is 4.79 Å². The van der Waals surface area contributed by atoms with Gasteiger partial charge in [-0.15, -0.1) is 23.5 Å². The maximum Gasteiger partial charge on any atom is 0.146 e. The predicted octanol–water partition coefficient (Wildman–Crippen LogP) is 3.11. The summed E-state index contributed by atoms with van der Waals surface area (Å²) < 4.78 is -0.144. The molecule has 1 nitrogen and oxygen atoms in total. The molecule has 78 valence electrons. The Labute approximate surface area is 94.1 Å². The van der Waals surface area contributed by atoms with Crippen molar-refractivity contribution in [2.75, 3.05) is 11.5 Å². The maximum atomic E-state index is 11.3. The summed E-state index contributed by atoms with van der Waals surface area (Å²) in [4.78, 5) is 11.3. The molecule has 1 aliphatic carbocycles. The molecule has 0 aromatic rings. The first kappa shape index (κ1) is 10.6. The molecule has 0 radical (unpaired) electrons. The van der Waals surface area contributed by atoms with Gasteiger partial charge in [0, 0.05) is 5.92 Å². The molecule has 0 amide bonds. The third-order valence-electron chi connectivity index (χ3n) is 2.88. The summed E-state index contributed by atoms with van der Waals surface area (Å²) in [6.07, 6.45) is 10.6. The molecule has 1 saturated heterocycles. The Morgan fingerprint density at radius 3 is 2.64 bits per heavy atom. The number of thioether (sulfide) groups is 2. The molecule has 0 bridgehead atoms. The van der Waals surface area contributed by atoms with E-state index in [1.807, 2.05) is 23.5 Å². The van der Waals surface area contributed by atoms with Gasteiger partial charge in [0.2, 0.25) is 0 Å². The highest BCUT2D eigenvalue weighted by atomic mass is 32.2. The smallest absolute Gasteiger partial charge is 0.146 e. The van der Waals surface area contributed by atoms with E-state index in [0.717, 1.165) is 11.5 Å². The molecule has 1 aliphatic heterocycles. The molecule has 2 rings (SSSR count). The summed E-state index contributed by atoms with van der Waals surface area (Å²) in [5, 5.41) is 0. The first-order valence-electron chi connectivity index (χ1n) is 5.28. The number of hydrogen-bond acceptors (Lipinski definition) is 3. The highest BCUT2D eigenvalue weighted by molar-refractivity contribution is 8.19. The summed E-state index contributed by atoms with van der Waals surface area (Å²) in [5.41, 5.74) is 0. The standard InChI is InChI=1S/C11H16OS2/c12-9-11(13-7-4-8-14-11)10-5-2-1-3-6-10/h2,5,9-10H,1,3-4,6-8H2. The molecule has 1 fully saturated rings. The van der Waals surface area contributed by atoms with Crippen LogP contribution in [0.2, 0.25) is 0 Å². The van der Waals surface area contributed by atoms with Crippen molar-refractivity contribution in [3.05, 3.63) is 12.2 Å². The minimum Gasteiger partial charge on any atom is -0.301 e. The zero-order chi connectivity index (χ0) is 9.86. The Morgan fingerprint density at radius 1 is 1.29 bits per heavy atom. The summed E-state index contributed by atoms with van der Waals surface area (Å²) in [5.74, 6) is 2.77. The molecule has 0 aromatic heterocycles. The van der Waals surface area contributed by atoms with E-state index >= 15 is 0 Å². The van der Waals surface area contributed by atoms with E-state index in [2.05, 4.69) is 12.2 Å². The van der Waals surface area contributed by atoms with E-state index in [0.29, 0.717) is 5.92 Å². The Balaban J connectivity index is 2.12. The zero-order valence-corrected chi connectivity index (χ0v) is 9.91. The van der Waals surface area contributed by atoms with Gasteiger partial charge in [-0.3, -0.25) is 0 Å². The van der Waals surface area contributed by atoms with Crippen LogP contribution in [0.3, 0.4) is 0 Å². The van der Waals surface area contributed by atoms with Crippen LogP contribution in [-0.4, -0.2) is 21.9 Å². The lowest BCUT2D eigenvalue weighted by atomic mass is 9.93. The largest absolute Gasteiger partial charge is 0.301 e. The van der Waals surface area contributed by atoms with Crippen LogP contribution in [0.4, 0.5) is 0 Å². The van der Waals surface area contributed by atoms with Gasteiger partial charge in [-0.25, -0.2) is 0 Å². The van der Waals surface area contributed by atoms with Crippen LogP contribution in [0.5, 0.6) is 0 Å². The van der Waals surface area contributed by atoms with Crippen molar-refractivity contribution in [3.63, 3.8) is 0 Å². The second-order valence-electron chi connectivity index (χ2n) is 3.86. The predicted molar refractivity (Wildman–Crippen MR) is 64.8 cm³/mol. The van der Waals surface area contributed by atoms with Gasteiger partial charge in [0.1, 0.15) is 10.4 Å². The fourth-order valence-corrected chi connectivity index (χ4v) is 5.27. The number of hydrogen-bond donors (Lipinski definition) is 0. The number of aldehydes is 1. The normalized spacial score (nSPS) is 31.3. The Bertz CT molecular complexity index is 231. The molecule has 0 N–H and O–H groups in total. The highest BCUT2D eigenvalue weighted by Gasteiger charge is 2.40. The second-order valence-corrected chi connectivity index (χ2v) is 6.86. The molecule has 1 heterocycles. The molecule has 3 heteroatoms. The molecule has 1 unspecified atom stereocenters. The number of rotatable bonds is 2. The summed E-state index contributed by atoms with van der Waals surface area (Å²) in [6.45, 7) is 0. The van der Waals surface area contributed by atoms with Crippen molar-refractivity contribution in [3.8, 4) is 0 Å². The van der Waals surface area contributed by atoms with Crippen molar-refractivity contribution in [2.45, 2.75) is 29.8 Å². The molecule has 2 aliphatic rings. The summed E-state index contributed by atoms with van der Waals surface area (Å²) in [7, 11) is 0. The van der Waals surface area contributed by atoms with Crippen LogP contribution in [0.25, 0.3) is 0 Å². The Morgan fingerprint density at radius 2 is 2.07 bits per heavy atom. The van der Waals surface area contributed by atoms with Crippen LogP contribution < -0.4 is 0 Å². The van der Waals surface area contributed by atoms with Gasteiger partial charge in [0.15, 0.2) is 0 Å². The van der Waals surface area contributed by atoms with Crippen molar-refractivity contribution >= 4 is 29.8 Å². The third-order valence-corrected chi connectivity index (χ3v) is 6.27. The van der Waals surface area contributed by atoms with Gasteiger partial charge in [0.05, 0.1) is 0 Å². The quantitative estimate of drug-likeness (QED) is 0.534. The van der Waals surface area contributed by atoms with Gasteiger partial charge in [-0.2, -0.15) is 0 Å². The van der Waals surface area contributed by atoms with Crippen LogP contribution in [0.15, 0.2) is 12.2 Å². The zero-order valence-electron chi connectivity index (χ0n) is 8.28. The van der Waals surface area contributed by atoms with Crippen LogP contribution >= 0.6 is 23.5 Å². The SMILES string of the molecule is O=CC1(C2C=CCCC2)SCCCS1. The molecule has 1 atom stereocenters. The minimum absolute atomic E-state index is 0.144. The monoisotopic (exact) mass is 228 g/mol. The molecule has 0 spiro atoms. The Hall–Kier alpha value is 0.110. The average Bonchev–Trinajstić information content (AvgIpc) is 2.31. The van der Waals surface area contributed by atoms with Gasteiger partial charge >= 0.3 is 0 Å².